The second kappa shape index (κ2) is 7.07. The van der Waals surface area contributed by atoms with Crippen molar-refractivity contribution in [2.75, 3.05) is 0 Å². The number of nitrogens with zero attached hydrogens (tertiary/aromatic N) is 2. The van der Waals surface area contributed by atoms with E-state index in [1.807, 2.05) is 18.3 Å². The van der Waals surface area contributed by atoms with Crippen LogP contribution in [0, 0.1) is 13.8 Å². The SMILES string of the molecule is Cc1cc(C=Nc2ccc(C(=O)O)cc2)c(C)n1-c1ccc(Br)cc1. The summed E-state index contributed by atoms with van der Waals surface area (Å²) in [6.07, 6.45) is 1.81. The standard InChI is InChI=1S/C20H17BrN2O2/c1-13-11-16(12-22-18-7-3-15(4-8-18)20(24)25)14(2)23(13)19-9-5-17(21)6-10-19/h3-12H,1-2H3,(H,24,25). The molecule has 0 aliphatic carbocycles. The van der Waals surface area contributed by atoms with Gasteiger partial charge in [0.25, 0.3) is 0 Å². The van der Waals surface area contributed by atoms with Gasteiger partial charge in [-0.25, -0.2) is 4.79 Å². The smallest absolute Gasteiger partial charge is 0.335 e. The summed E-state index contributed by atoms with van der Waals surface area (Å²) in [6.45, 7) is 4.12. The number of aromatic carboxylic acids is 1. The van der Waals surface area contributed by atoms with Gasteiger partial charge in [0.1, 0.15) is 0 Å². The predicted molar refractivity (Wildman–Crippen MR) is 104 cm³/mol. The maximum absolute atomic E-state index is 10.9. The molecule has 1 aromatic heterocycles. The number of carbonyl (C=O) groups is 1. The number of rotatable bonds is 4. The van der Waals surface area contributed by atoms with Gasteiger partial charge in [-0.05, 0) is 68.4 Å². The van der Waals surface area contributed by atoms with Crippen LogP contribution >= 0.6 is 15.9 Å². The zero-order chi connectivity index (χ0) is 18.0. The number of aliphatic imine (C=N–C) groups is 1. The van der Waals surface area contributed by atoms with Crippen LogP contribution in [0.5, 0.6) is 0 Å². The molecule has 0 saturated heterocycles. The van der Waals surface area contributed by atoms with E-state index in [-0.39, 0.29) is 5.56 Å². The first-order valence-electron chi connectivity index (χ1n) is 7.78. The third kappa shape index (κ3) is 3.72. The highest BCUT2D eigenvalue weighted by molar-refractivity contribution is 9.10. The molecule has 3 rings (SSSR count). The first kappa shape index (κ1) is 17.2. The minimum Gasteiger partial charge on any atom is -0.478 e. The molecule has 25 heavy (non-hydrogen) atoms. The Morgan fingerprint density at radius 2 is 1.72 bits per heavy atom. The number of carboxylic acids is 1. The van der Waals surface area contributed by atoms with Gasteiger partial charge in [-0.1, -0.05) is 15.9 Å². The van der Waals surface area contributed by atoms with Gasteiger partial charge in [-0.2, -0.15) is 0 Å². The number of benzene rings is 2. The highest BCUT2D eigenvalue weighted by atomic mass is 79.9. The molecule has 0 radical (unpaired) electrons. The first-order chi connectivity index (χ1) is 12.0. The lowest BCUT2D eigenvalue weighted by molar-refractivity contribution is 0.0697. The third-order valence-electron chi connectivity index (χ3n) is 4.02. The van der Waals surface area contributed by atoms with Crippen LogP contribution in [0.25, 0.3) is 5.69 Å². The van der Waals surface area contributed by atoms with Crippen molar-refractivity contribution in [3.63, 3.8) is 0 Å². The van der Waals surface area contributed by atoms with Crippen LogP contribution in [-0.2, 0) is 0 Å². The molecule has 0 spiro atoms. The summed E-state index contributed by atoms with van der Waals surface area (Å²) >= 11 is 3.46. The maximum Gasteiger partial charge on any atom is 0.335 e. The minimum atomic E-state index is -0.937. The van der Waals surface area contributed by atoms with Gasteiger partial charge < -0.3 is 9.67 Å². The van der Waals surface area contributed by atoms with Crippen molar-refractivity contribution in [3.05, 3.63) is 81.6 Å². The monoisotopic (exact) mass is 396 g/mol. The summed E-state index contributed by atoms with van der Waals surface area (Å²) in [5, 5.41) is 8.93. The molecule has 0 saturated carbocycles. The normalized spacial score (nSPS) is 11.2. The van der Waals surface area contributed by atoms with Crippen LogP contribution in [-0.4, -0.2) is 21.9 Å². The fraction of sp³-hybridized carbons (Fsp3) is 0.100. The summed E-state index contributed by atoms with van der Waals surface area (Å²) in [5.74, 6) is -0.937. The maximum atomic E-state index is 10.9. The second-order valence-corrected chi connectivity index (χ2v) is 6.66. The number of hydrogen-bond donors (Lipinski definition) is 1. The predicted octanol–water partition coefficient (Wildman–Crippen LogP) is 5.31. The van der Waals surface area contributed by atoms with Gasteiger partial charge in [0.05, 0.1) is 11.3 Å². The van der Waals surface area contributed by atoms with Gasteiger partial charge >= 0.3 is 5.97 Å². The lowest BCUT2D eigenvalue weighted by Gasteiger charge is -2.09. The fourth-order valence-corrected chi connectivity index (χ4v) is 3.00. The fourth-order valence-electron chi connectivity index (χ4n) is 2.74. The van der Waals surface area contributed by atoms with E-state index in [2.05, 4.69) is 57.5 Å². The van der Waals surface area contributed by atoms with Gasteiger partial charge in [-0.3, -0.25) is 4.99 Å². The van der Waals surface area contributed by atoms with E-state index in [4.69, 9.17) is 5.11 Å². The Morgan fingerprint density at radius 3 is 2.32 bits per heavy atom. The lowest BCUT2D eigenvalue weighted by atomic mass is 10.2. The van der Waals surface area contributed by atoms with Gasteiger partial charge in [0.15, 0.2) is 0 Å². The van der Waals surface area contributed by atoms with E-state index in [0.717, 1.165) is 32.8 Å². The molecule has 4 nitrogen and oxygen atoms in total. The molecule has 0 fully saturated rings. The molecule has 0 atom stereocenters. The summed E-state index contributed by atoms with van der Waals surface area (Å²) in [4.78, 5) is 15.3. The summed E-state index contributed by atoms with van der Waals surface area (Å²) < 4.78 is 3.23. The van der Waals surface area contributed by atoms with Crippen LogP contribution in [0.3, 0.4) is 0 Å². The summed E-state index contributed by atoms with van der Waals surface area (Å²) in [7, 11) is 0. The van der Waals surface area contributed by atoms with E-state index in [0.29, 0.717) is 0 Å². The van der Waals surface area contributed by atoms with Gasteiger partial charge in [0.2, 0.25) is 0 Å². The molecule has 2 aromatic carbocycles. The molecule has 0 aliphatic rings. The minimum absolute atomic E-state index is 0.257. The van der Waals surface area contributed by atoms with E-state index in [1.54, 1.807) is 24.3 Å². The van der Waals surface area contributed by atoms with Crippen molar-refractivity contribution in [2.45, 2.75) is 13.8 Å². The number of halogens is 1. The van der Waals surface area contributed by atoms with Crippen molar-refractivity contribution in [2.24, 2.45) is 4.99 Å². The Morgan fingerprint density at radius 1 is 1.08 bits per heavy atom. The number of aromatic nitrogens is 1. The highest BCUT2D eigenvalue weighted by Crippen LogP contribution is 2.22. The summed E-state index contributed by atoms with van der Waals surface area (Å²) in [5.41, 5.74) is 5.34. The molecule has 0 amide bonds. The molecule has 0 unspecified atom stereocenters. The average molecular weight is 397 g/mol. The molecule has 5 heteroatoms. The van der Waals surface area contributed by atoms with Crippen molar-refractivity contribution in [3.8, 4) is 5.69 Å². The lowest BCUT2D eigenvalue weighted by Crippen LogP contribution is -1.99. The molecular formula is C20H17BrN2O2. The zero-order valence-corrected chi connectivity index (χ0v) is 15.5. The highest BCUT2D eigenvalue weighted by Gasteiger charge is 2.09. The van der Waals surface area contributed by atoms with Crippen LogP contribution in [0.4, 0.5) is 5.69 Å². The third-order valence-corrected chi connectivity index (χ3v) is 4.55. The zero-order valence-electron chi connectivity index (χ0n) is 13.9. The molecule has 0 bridgehead atoms. The molecule has 1 heterocycles. The van der Waals surface area contributed by atoms with Crippen molar-refractivity contribution >= 4 is 33.8 Å². The van der Waals surface area contributed by atoms with E-state index >= 15 is 0 Å². The largest absolute Gasteiger partial charge is 0.478 e. The Balaban J connectivity index is 1.89. The Labute approximate surface area is 154 Å². The number of carboxylic acid groups (broad SMARTS) is 1. The van der Waals surface area contributed by atoms with Crippen molar-refractivity contribution in [1.82, 2.24) is 4.57 Å². The molecule has 126 valence electrons. The second-order valence-electron chi connectivity index (χ2n) is 5.75. The molecule has 1 N–H and O–H groups in total. The van der Waals surface area contributed by atoms with Gasteiger partial charge in [0, 0.05) is 33.3 Å². The quantitative estimate of drug-likeness (QED) is 0.607. The topological polar surface area (TPSA) is 54.6 Å². The Bertz CT molecular complexity index is 939. The number of aryl methyl sites for hydroxylation is 1. The average Bonchev–Trinajstić information content (AvgIpc) is 2.88. The Kier molecular flexibility index (Phi) is 4.86. The van der Waals surface area contributed by atoms with Gasteiger partial charge in [-0.15, -0.1) is 0 Å². The van der Waals surface area contributed by atoms with Crippen LogP contribution in [0.15, 0.2) is 64.1 Å². The van der Waals surface area contributed by atoms with Crippen LogP contribution < -0.4 is 0 Å². The first-order valence-corrected chi connectivity index (χ1v) is 8.57. The van der Waals surface area contributed by atoms with E-state index in [1.165, 1.54) is 0 Å². The molecule has 3 aromatic rings. The molecular weight excluding hydrogens is 380 g/mol. The van der Waals surface area contributed by atoms with Crippen LogP contribution in [0.2, 0.25) is 0 Å². The number of hydrogen-bond acceptors (Lipinski definition) is 2. The van der Waals surface area contributed by atoms with Crippen LogP contribution in [0.1, 0.15) is 27.3 Å². The van der Waals surface area contributed by atoms with E-state index in [9.17, 15) is 4.79 Å². The van der Waals surface area contributed by atoms with Crippen molar-refractivity contribution < 1.29 is 9.90 Å². The molecule has 0 aliphatic heterocycles. The Hall–Kier alpha value is -2.66. The van der Waals surface area contributed by atoms with E-state index < -0.39 is 5.97 Å². The summed E-state index contributed by atoms with van der Waals surface area (Å²) in [6, 6.07) is 16.8. The van der Waals surface area contributed by atoms with Crippen molar-refractivity contribution in [1.29, 1.82) is 0 Å².